The van der Waals surface area contributed by atoms with Gasteiger partial charge in [0.25, 0.3) is 0 Å². The van der Waals surface area contributed by atoms with Crippen molar-refractivity contribution in [3.63, 3.8) is 0 Å². The number of alkyl halides is 1. The van der Waals surface area contributed by atoms with Crippen LogP contribution in [-0.4, -0.2) is 54.1 Å². The zero-order chi connectivity index (χ0) is 23.6. The van der Waals surface area contributed by atoms with Crippen LogP contribution in [0.25, 0.3) is 0 Å². The second-order valence-electron chi connectivity index (χ2n) is 7.70. The van der Waals surface area contributed by atoms with Gasteiger partial charge in [-0.15, -0.1) is 11.6 Å². The van der Waals surface area contributed by atoms with Gasteiger partial charge in [0.05, 0.1) is 25.0 Å². The molecule has 0 heterocycles. The lowest BCUT2D eigenvalue weighted by Gasteiger charge is -2.16. The molecule has 0 aromatic rings. The number of Topliss-reactive ketones (excluding diaryl/α,β-unsaturated/α-hetero) is 1. The van der Waals surface area contributed by atoms with Crippen molar-refractivity contribution in [2.75, 3.05) is 30.5 Å². The first-order valence-corrected chi connectivity index (χ1v) is 12.3. The minimum Gasteiger partial charge on any atom is -0.346 e. The van der Waals surface area contributed by atoms with E-state index in [1.54, 1.807) is 11.8 Å². The number of ketones is 1. The van der Waals surface area contributed by atoms with E-state index in [2.05, 4.69) is 56.6 Å². The van der Waals surface area contributed by atoms with Crippen molar-refractivity contribution < 1.29 is 14.4 Å². The first-order chi connectivity index (χ1) is 14.7. The smallest absolute Gasteiger partial charge is 0.240 e. The Morgan fingerprint density at radius 2 is 1.58 bits per heavy atom. The van der Waals surface area contributed by atoms with Crippen molar-refractivity contribution in [1.29, 1.82) is 0 Å². The van der Waals surface area contributed by atoms with Crippen molar-refractivity contribution in [3.05, 3.63) is 34.9 Å². The fraction of sp³-hybridized carbons (Fsp3) is 0.609. The van der Waals surface area contributed by atoms with Crippen LogP contribution < -0.4 is 16.4 Å². The van der Waals surface area contributed by atoms with Gasteiger partial charge < -0.3 is 16.4 Å². The van der Waals surface area contributed by atoms with Crippen LogP contribution >= 0.6 is 23.4 Å². The Balaban J connectivity index is 4.34. The van der Waals surface area contributed by atoms with E-state index in [1.807, 2.05) is 0 Å². The highest BCUT2D eigenvalue weighted by Gasteiger charge is 2.19. The molecular formula is C23H38ClN3O3S. The number of hydrogen-bond donors (Lipinski definition) is 3. The fourth-order valence-electron chi connectivity index (χ4n) is 2.53. The van der Waals surface area contributed by atoms with E-state index in [1.165, 1.54) is 16.7 Å². The zero-order valence-electron chi connectivity index (χ0n) is 19.3. The van der Waals surface area contributed by atoms with E-state index >= 15 is 0 Å². The lowest BCUT2D eigenvalue weighted by Crippen LogP contribution is -2.48. The fourth-order valence-corrected chi connectivity index (χ4v) is 3.76. The molecule has 0 spiro atoms. The molecule has 31 heavy (non-hydrogen) atoms. The average Bonchev–Trinajstić information content (AvgIpc) is 2.73. The predicted octanol–water partition coefficient (Wildman–Crippen LogP) is 3.51. The second-order valence-corrected chi connectivity index (χ2v) is 9.04. The first-order valence-electron chi connectivity index (χ1n) is 10.6. The molecule has 0 fully saturated rings. The lowest BCUT2D eigenvalue weighted by atomic mass is 10.1. The summed E-state index contributed by atoms with van der Waals surface area (Å²) in [6.45, 7) is 8.12. The molecule has 0 saturated heterocycles. The van der Waals surface area contributed by atoms with Crippen molar-refractivity contribution >= 4 is 41.0 Å². The maximum Gasteiger partial charge on any atom is 0.240 e. The van der Waals surface area contributed by atoms with Crippen molar-refractivity contribution in [2.45, 2.75) is 59.4 Å². The molecule has 1 atom stereocenters. The normalized spacial score (nSPS) is 12.8. The molecule has 0 aromatic carbocycles. The molecule has 2 amide bonds. The van der Waals surface area contributed by atoms with Crippen molar-refractivity contribution in [1.82, 2.24) is 10.6 Å². The third kappa shape index (κ3) is 16.8. The van der Waals surface area contributed by atoms with Gasteiger partial charge in [0, 0.05) is 11.5 Å². The number of halogens is 1. The van der Waals surface area contributed by atoms with E-state index in [-0.39, 0.29) is 24.8 Å². The Hall–Kier alpha value is -1.57. The molecule has 176 valence electrons. The Kier molecular flexibility index (Phi) is 17.1. The minimum atomic E-state index is -0.676. The standard InChI is InChI=1S/C23H38ClN3O3S/c1-17(2)7-5-8-18(3)9-6-10-19(4)11-12-31-16-20(21(28)13-24)27-23(30)15-26-22(29)14-25/h7,9,11,20H,5-6,8,10,12-16,25H2,1-4H3,(H,26,29)(H,27,30)/b18-9+,19-11+/t20-/m0/s1. The molecule has 0 rings (SSSR count). The summed E-state index contributed by atoms with van der Waals surface area (Å²) in [7, 11) is 0. The number of amides is 2. The molecule has 8 heteroatoms. The summed E-state index contributed by atoms with van der Waals surface area (Å²) >= 11 is 7.21. The summed E-state index contributed by atoms with van der Waals surface area (Å²) < 4.78 is 0. The summed E-state index contributed by atoms with van der Waals surface area (Å²) in [5.74, 6) is -0.111. The van der Waals surface area contributed by atoms with Crippen LogP contribution in [0.1, 0.15) is 53.4 Å². The van der Waals surface area contributed by atoms with Crippen molar-refractivity contribution in [2.24, 2.45) is 5.73 Å². The highest BCUT2D eigenvalue weighted by Crippen LogP contribution is 2.13. The van der Waals surface area contributed by atoms with Crippen LogP contribution in [0.5, 0.6) is 0 Å². The van der Waals surface area contributed by atoms with Crippen LogP contribution in [0.4, 0.5) is 0 Å². The van der Waals surface area contributed by atoms with Crippen LogP contribution in [0.15, 0.2) is 34.9 Å². The third-order valence-electron chi connectivity index (χ3n) is 4.44. The highest BCUT2D eigenvalue weighted by atomic mass is 35.5. The molecule has 0 aromatic heterocycles. The van der Waals surface area contributed by atoms with Crippen molar-refractivity contribution in [3.8, 4) is 0 Å². The van der Waals surface area contributed by atoms with E-state index in [9.17, 15) is 14.4 Å². The molecule has 0 bridgehead atoms. The third-order valence-corrected chi connectivity index (χ3v) is 5.68. The molecule has 4 N–H and O–H groups in total. The van der Waals surface area contributed by atoms with Gasteiger partial charge in [-0.25, -0.2) is 0 Å². The van der Waals surface area contributed by atoms with Crippen LogP contribution in [0, 0.1) is 0 Å². The number of allylic oxidation sites excluding steroid dienone is 5. The molecular weight excluding hydrogens is 434 g/mol. The maximum atomic E-state index is 12.0. The number of carbonyl (C=O) groups excluding carboxylic acids is 3. The van der Waals surface area contributed by atoms with Gasteiger partial charge >= 0.3 is 0 Å². The second kappa shape index (κ2) is 18.0. The first kappa shape index (κ1) is 29.4. The molecule has 0 aliphatic carbocycles. The molecule has 0 aliphatic heterocycles. The summed E-state index contributed by atoms with van der Waals surface area (Å²) in [5.41, 5.74) is 9.26. The SMILES string of the molecule is CC(C)=CCC/C(C)=C/CC/C(C)=C/CSC[C@H](NC(=O)CNC(=O)CN)C(=O)CCl. The van der Waals surface area contributed by atoms with E-state index < -0.39 is 17.9 Å². The largest absolute Gasteiger partial charge is 0.346 e. The highest BCUT2D eigenvalue weighted by molar-refractivity contribution is 7.99. The average molecular weight is 472 g/mol. The van der Waals surface area contributed by atoms with Crippen LogP contribution in [0.3, 0.4) is 0 Å². The lowest BCUT2D eigenvalue weighted by molar-refractivity contribution is -0.127. The monoisotopic (exact) mass is 471 g/mol. The maximum absolute atomic E-state index is 12.0. The van der Waals surface area contributed by atoms with Gasteiger partial charge in [-0.05, 0) is 53.4 Å². The summed E-state index contributed by atoms with van der Waals surface area (Å²) in [4.78, 5) is 35.0. The Morgan fingerprint density at radius 1 is 0.968 bits per heavy atom. The summed E-state index contributed by atoms with van der Waals surface area (Å²) in [6.07, 6.45) is 10.9. The van der Waals surface area contributed by atoms with Gasteiger partial charge in [0.1, 0.15) is 0 Å². The number of nitrogens with one attached hydrogen (secondary N) is 2. The number of hydrogen-bond acceptors (Lipinski definition) is 5. The molecule has 0 aliphatic rings. The topological polar surface area (TPSA) is 101 Å². The predicted molar refractivity (Wildman–Crippen MR) is 132 cm³/mol. The Labute approximate surface area is 196 Å². The van der Waals surface area contributed by atoms with Crippen LogP contribution in [-0.2, 0) is 14.4 Å². The molecule has 0 radical (unpaired) electrons. The minimum absolute atomic E-state index is 0.172. The number of carbonyl (C=O) groups is 3. The quantitative estimate of drug-likeness (QED) is 0.182. The van der Waals surface area contributed by atoms with Gasteiger partial charge in [0.15, 0.2) is 5.78 Å². The van der Waals surface area contributed by atoms with Gasteiger partial charge in [-0.2, -0.15) is 11.8 Å². The summed E-state index contributed by atoms with van der Waals surface area (Å²) in [6, 6.07) is -0.676. The Morgan fingerprint density at radius 3 is 2.16 bits per heavy atom. The number of rotatable bonds is 16. The van der Waals surface area contributed by atoms with Crippen LogP contribution in [0.2, 0.25) is 0 Å². The van der Waals surface area contributed by atoms with Gasteiger partial charge in [0.2, 0.25) is 11.8 Å². The van der Waals surface area contributed by atoms with E-state index in [0.717, 1.165) is 31.4 Å². The molecule has 0 unspecified atom stereocenters. The Bertz CT molecular complexity index is 671. The van der Waals surface area contributed by atoms with Gasteiger partial charge in [-0.1, -0.05) is 34.9 Å². The number of nitrogens with two attached hydrogens (primary N) is 1. The van der Waals surface area contributed by atoms with E-state index in [4.69, 9.17) is 17.3 Å². The number of thioether (sulfide) groups is 1. The van der Waals surface area contributed by atoms with E-state index in [0.29, 0.717) is 5.75 Å². The molecule has 0 saturated carbocycles. The molecule has 6 nitrogen and oxygen atoms in total. The zero-order valence-corrected chi connectivity index (χ0v) is 20.8. The van der Waals surface area contributed by atoms with Gasteiger partial charge in [-0.3, -0.25) is 14.4 Å². The summed E-state index contributed by atoms with van der Waals surface area (Å²) in [5, 5.41) is 5.00.